The smallest absolute Gasteiger partial charge is 0.140 e. The van der Waals surface area contributed by atoms with Crippen LogP contribution in [0.25, 0.3) is 5.57 Å². The van der Waals surface area contributed by atoms with E-state index in [0.717, 1.165) is 24.4 Å². The Balaban J connectivity index is 1.95. The maximum Gasteiger partial charge on any atom is 0.140 e. The molecule has 23 heavy (non-hydrogen) atoms. The van der Waals surface area contributed by atoms with Crippen LogP contribution in [0.4, 0.5) is 4.39 Å². The highest BCUT2D eigenvalue weighted by molar-refractivity contribution is 7.99. The van der Waals surface area contributed by atoms with Crippen LogP contribution in [0.1, 0.15) is 17.5 Å². The van der Waals surface area contributed by atoms with E-state index in [4.69, 9.17) is 4.74 Å². The summed E-state index contributed by atoms with van der Waals surface area (Å²) in [6.45, 7) is 3.97. The first kappa shape index (κ1) is 16.1. The predicted octanol–water partition coefficient (Wildman–Crippen LogP) is 4.67. The van der Waals surface area contributed by atoms with Gasteiger partial charge in [-0.2, -0.15) is 0 Å². The van der Waals surface area contributed by atoms with Gasteiger partial charge in [0.1, 0.15) is 11.6 Å². The molecule has 0 saturated carbocycles. The largest absolute Gasteiger partial charge is 0.497 e. The van der Waals surface area contributed by atoms with Gasteiger partial charge in [-0.15, -0.1) is 0 Å². The molecule has 0 aliphatic carbocycles. The molecule has 120 valence electrons. The normalized spacial score (nSPS) is 14.5. The molecule has 1 aliphatic rings. The van der Waals surface area contributed by atoms with Gasteiger partial charge in [-0.05, 0) is 49.2 Å². The summed E-state index contributed by atoms with van der Waals surface area (Å²) in [5.74, 6) is 0.289. The molecule has 2 nitrogen and oxygen atoms in total. The number of hydrogen-bond acceptors (Lipinski definition) is 3. The molecular formula is C19H20FNOS. The minimum absolute atomic E-state index is 0.250. The Hall–Kier alpha value is -1.78. The summed E-state index contributed by atoms with van der Waals surface area (Å²) in [5, 5.41) is 3.33. The van der Waals surface area contributed by atoms with Crippen molar-refractivity contribution in [2.45, 2.75) is 23.1 Å². The predicted molar refractivity (Wildman–Crippen MR) is 93.7 cm³/mol. The standard InChI is InChI=1S/C19H20FNOS/c1-13-3-5-18(16(11-13)14-7-9-21-10-8-14)23-19-6-4-15(22-2)12-17(19)20/h3-7,11-12,21H,8-10H2,1-2H3. The zero-order chi connectivity index (χ0) is 16.2. The van der Waals surface area contributed by atoms with E-state index in [2.05, 4.69) is 36.5 Å². The van der Waals surface area contributed by atoms with Gasteiger partial charge in [0.25, 0.3) is 0 Å². The van der Waals surface area contributed by atoms with Crippen molar-refractivity contribution in [2.75, 3.05) is 20.2 Å². The van der Waals surface area contributed by atoms with Crippen LogP contribution in [0, 0.1) is 12.7 Å². The monoisotopic (exact) mass is 329 g/mol. The summed E-state index contributed by atoms with van der Waals surface area (Å²) in [6, 6.07) is 11.4. The second-order valence-corrected chi connectivity index (χ2v) is 6.67. The van der Waals surface area contributed by atoms with Crippen molar-refractivity contribution in [3.05, 3.63) is 59.4 Å². The van der Waals surface area contributed by atoms with Crippen LogP contribution >= 0.6 is 11.8 Å². The lowest BCUT2D eigenvalue weighted by Gasteiger charge is -2.18. The third-order valence-electron chi connectivity index (χ3n) is 3.90. The van der Waals surface area contributed by atoms with Gasteiger partial charge >= 0.3 is 0 Å². The number of benzene rings is 2. The molecule has 0 fully saturated rings. The van der Waals surface area contributed by atoms with E-state index < -0.39 is 0 Å². The fourth-order valence-corrected chi connectivity index (χ4v) is 3.63. The zero-order valence-electron chi connectivity index (χ0n) is 13.4. The highest BCUT2D eigenvalue weighted by atomic mass is 32.2. The molecule has 1 aliphatic heterocycles. The molecule has 0 atom stereocenters. The molecule has 4 heteroatoms. The van der Waals surface area contributed by atoms with Crippen LogP contribution in [-0.2, 0) is 0 Å². The van der Waals surface area contributed by atoms with Crippen molar-refractivity contribution in [1.29, 1.82) is 0 Å². The summed E-state index contributed by atoms with van der Waals surface area (Å²) in [5.41, 5.74) is 3.77. The molecule has 3 rings (SSSR count). The van der Waals surface area contributed by atoms with Gasteiger partial charge in [0.2, 0.25) is 0 Å². The van der Waals surface area contributed by atoms with E-state index in [1.807, 2.05) is 0 Å². The van der Waals surface area contributed by atoms with Gasteiger partial charge in [-0.1, -0.05) is 35.5 Å². The van der Waals surface area contributed by atoms with Crippen molar-refractivity contribution in [3.8, 4) is 5.75 Å². The minimum Gasteiger partial charge on any atom is -0.497 e. The van der Waals surface area contributed by atoms with E-state index in [1.165, 1.54) is 34.5 Å². The lowest BCUT2D eigenvalue weighted by molar-refractivity contribution is 0.410. The van der Waals surface area contributed by atoms with Gasteiger partial charge in [-0.25, -0.2) is 4.39 Å². The fourth-order valence-electron chi connectivity index (χ4n) is 2.66. The first-order valence-electron chi connectivity index (χ1n) is 7.69. The van der Waals surface area contributed by atoms with E-state index in [1.54, 1.807) is 19.2 Å². The average molecular weight is 329 g/mol. The molecule has 0 bridgehead atoms. The zero-order valence-corrected chi connectivity index (χ0v) is 14.2. The molecule has 0 aromatic heterocycles. The highest BCUT2D eigenvalue weighted by Gasteiger charge is 2.14. The van der Waals surface area contributed by atoms with Crippen LogP contribution < -0.4 is 10.1 Å². The quantitative estimate of drug-likeness (QED) is 0.881. The van der Waals surface area contributed by atoms with E-state index in [0.29, 0.717) is 10.6 Å². The second kappa shape index (κ2) is 7.20. The molecule has 0 saturated heterocycles. The molecule has 2 aromatic rings. The van der Waals surface area contributed by atoms with Gasteiger partial charge in [-0.3, -0.25) is 0 Å². The van der Waals surface area contributed by atoms with Gasteiger partial charge in [0.15, 0.2) is 0 Å². The minimum atomic E-state index is -0.250. The topological polar surface area (TPSA) is 21.3 Å². The average Bonchev–Trinajstić information content (AvgIpc) is 2.58. The number of rotatable bonds is 4. The van der Waals surface area contributed by atoms with Gasteiger partial charge < -0.3 is 10.1 Å². The first-order valence-corrected chi connectivity index (χ1v) is 8.51. The van der Waals surface area contributed by atoms with Gasteiger partial charge in [0.05, 0.1) is 7.11 Å². The van der Waals surface area contributed by atoms with Crippen LogP contribution in [0.15, 0.2) is 52.3 Å². The summed E-state index contributed by atoms with van der Waals surface area (Å²) >= 11 is 1.47. The molecule has 2 aromatic carbocycles. The molecule has 0 amide bonds. The molecule has 0 spiro atoms. The maximum atomic E-state index is 14.3. The lowest BCUT2D eigenvalue weighted by Crippen LogP contribution is -2.20. The van der Waals surface area contributed by atoms with E-state index >= 15 is 0 Å². The van der Waals surface area contributed by atoms with E-state index in [9.17, 15) is 4.39 Å². The number of aryl methyl sites for hydroxylation is 1. The van der Waals surface area contributed by atoms with Crippen LogP contribution in [0.3, 0.4) is 0 Å². The number of halogens is 1. The summed E-state index contributed by atoms with van der Waals surface area (Å²) in [6.07, 6.45) is 3.23. The Morgan fingerprint density at radius 1 is 1.13 bits per heavy atom. The van der Waals surface area contributed by atoms with Crippen molar-refractivity contribution in [1.82, 2.24) is 5.32 Å². The highest BCUT2D eigenvalue weighted by Crippen LogP contribution is 2.37. The van der Waals surface area contributed by atoms with Crippen LogP contribution in [-0.4, -0.2) is 20.2 Å². The molecule has 0 unspecified atom stereocenters. The Morgan fingerprint density at radius 2 is 1.96 bits per heavy atom. The number of methoxy groups -OCH3 is 1. The van der Waals surface area contributed by atoms with Crippen molar-refractivity contribution in [3.63, 3.8) is 0 Å². The molecular weight excluding hydrogens is 309 g/mol. The molecule has 0 radical (unpaired) electrons. The molecule has 1 N–H and O–H groups in total. The Kier molecular flexibility index (Phi) is 5.03. The van der Waals surface area contributed by atoms with Crippen LogP contribution in [0.5, 0.6) is 5.75 Å². The Labute approximate surface area is 140 Å². The fraction of sp³-hybridized carbons (Fsp3) is 0.263. The van der Waals surface area contributed by atoms with Crippen molar-refractivity contribution in [2.24, 2.45) is 0 Å². The summed E-state index contributed by atoms with van der Waals surface area (Å²) in [4.78, 5) is 1.71. The maximum absolute atomic E-state index is 14.3. The van der Waals surface area contributed by atoms with Crippen molar-refractivity contribution < 1.29 is 9.13 Å². The second-order valence-electron chi connectivity index (χ2n) is 5.58. The number of hydrogen-bond donors (Lipinski definition) is 1. The third-order valence-corrected chi connectivity index (χ3v) is 5.03. The number of ether oxygens (including phenoxy) is 1. The van der Waals surface area contributed by atoms with E-state index in [-0.39, 0.29) is 5.82 Å². The summed E-state index contributed by atoms with van der Waals surface area (Å²) in [7, 11) is 1.54. The van der Waals surface area contributed by atoms with Crippen LogP contribution in [0.2, 0.25) is 0 Å². The lowest BCUT2D eigenvalue weighted by atomic mass is 9.99. The first-order chi connectivity index (χ1) is 11.2. The summed E-state index contributed by atoms with van der Waals surface area (Å²) < 4.78 is 19.3. The Morgan fingerprint density at radius 3 is 2.65 bits per heavy atom. The third kappa shape index (κ3) is 3.77. The Bertz CT molecular complexity index is 742. The number of nitrogens with one attached hydrogen (secondary N) is 1. The molecule has 1 heterocycles. The van der Waals surface area contributed by atoms with Crippen molar-refractivity contribution >= 4 is 17.3 Å². The SMILES string of the molecule is COc1ccc(Sc2ccc(C)cc2C2=CCNCC2)c(F)c1. The van der Waals surface area contributed by atoms with Gasteiger partial charge in [0, 0.05) is 22.4 Å².